The fourth-order valence-electron chi connectivity index (χ4n) is 5.83. The van der Waals surface area contributed by atoms with E-state index in [1.807, 2.05) is 25.1 Å². The maximum Gasteiger partial charge on any atom is 0.264 e. The molecular weight excluding hydrogens is 548 g/mol. The number of allylic oxidation sites excluding steroid dienone is 2. The van der Waals surface area contributed by atoms with E-state index in [1.165, 1.54) is 0 Å². The van der Waals surface area contributed by atoms with Crippen LogP contribution in [-0.2, 0) is 27.8 Å². The summed E-state index contributed by atoms with van der Waals surface area (Å²) in [5.74, 6) is -0.0552. The maximum atomic E-state index is 13.2. The first-order valence-electron chi connectivity index (χ1n) is 14.2. The van der Waals surface area contributed by atoms with E-state index in [1.54, 1.807) is 37.3 Å². The third-order valence-corrected chi connectivity index (χ3v) is 10.9. The van der Waals surface area contributed by atoms with Gasteiger partial charge < -0.3 is 9.64 Å². The van der Waals surface area contributed by atoms with Crippen LogP contribution in [0.1, 0.15) is 67.4 Å². The summed E-state index contributed by atoms with van der Waals surface area (Å²) in [6, 6.07) is 10.9. The van der Waals surface area contributed by atoms with Gasteiger partial charge in [-0.15, -0.1) is 0 Å². The number of hydrogen-bond donors (Lipinski definition) is 1. The smallest absolute Gasteiger partial charge is 0.264 e. The number of benzene rings is 2. The Labute approximate surface area is 242 Å². The van der Waals surface area contributed by atoms with Gasteiger partial charge in [0.2, 0.25) is 10.0 Å². The van der Waals surface area contributed by atoms with Crippen molar-refractivity contribution >= 4 is 39.0 Å². The average Bonchev–Trinajstić information content (AvgIpc) is 2.92. The van der Waals surface area contributed by atoms with Gasteiger partial charge in [0.1, 0.15) is 12.4 Å². The van der Waals surface area contributed by atoms with E-state index >= 15 is 0 Å². The lowest BCUT2D eigenvalue weighted by molar-refractivity contribution is -0.122. The lowest BCUT2D eigenvalue weighted by Gasteiger charge is -2.40. The highest BCUT2D eigenvalue weighted by Gasteiger charge is 2.37. The Morgan fingerprint density at radius 2 is 1.85 bits per heavy atom. The molecule has 4 atom stereocenters. The highest BCUT2D eigenvalue weighted by atomic mass is 35.5. The molecule has 5 rings (SSSR count). The van der Waals surface area contributed by atoms with Gasteiger partial charge in [-0.05, 0) is 105 Å². The molecule has 1 saturated carbocycles. The third kappa shape index (κ3) is 6.23. The van der Waals surface area contributed by atoms with Gasteiger partial charge in [0.15, 0.2) is 5.78 Å². The molecule has 2 aromatic carbocycles. The summed E-state index contributed by atoms with van der Waals surface area (Å²) in [6.45, 7) is 5.14. The van der Waals surface area contributed by atoms with Crippen LogP contribution in [0.5, 0.6) is 5.75 Å². The van der Waals surface area contributed by atoms with Crippen molar-refractivity contribution in [2.45, 2.75) is 64.2 Å². The van der Waals surface area contributed by atoms with Crippen LogP contribution in [0.2, 0.25) is 5.02 Å². The third-order valence-electron chi connectivity index (χ3n) is 8.79. The molecule has 0 radical (unpaired) electrons. The Bertz CT molecular complexity index is 1420. The second kappa shape index (κ2) is 12.0. The molecule has 0 aromatic heterocycles. The fraction of sp³-hybridized carbons (Fsp3) is 0.484. The highest BCUT2D eigenvalue weighted by Crippen LogP contribution is 2.39. The molecule has 2 unspecified atom stereocenters. The number of ether oxygens (including phenoxy) is 1. The van der Waals surface area contributed by atoms with E-state index in [9.17, 15) is 18.0 Å². The van der Waals surface area contributed by atoms with E-state index in [-0.39, 0.29) is 29.1 Å². The molecule has 1 aliphatic carbocycles. The van der Waals surface area contributed by atoms with Crippen molar-refractivity contribution in [2.24, 2.45) is 17.8 Å². The molecule has 40 heavy (non-hydrogen) atoms. The summed E-state index contributed by atoms with van der Waals surface area (Å²) in [7, 11) is -3.93. The molecular formula is C31H37ClN2O5S. The Balaban J connectivity index is 1.54. The van der Waals surface area contributed by atoms with E-state index in [4.69, 9.17) is 16.3 Å². The summed E-state index contributed by atoms with van der Waals surface area (Å²) in [5.41, 5.74) is 3.22. The number of nitrogens with zero attached hydrogens (tertiary/aromatic N) is 1. The van der Waals surface area contributed by atoms with Gasteiger partial charge in [0.25, 0.3) is 5.91 Å². The van der Waals surface area contributed by atoms with Gasteiger partial charge in [-0.3, -0.25) is 9.59 Å². The number of rotatable bonds is 0. The molecule has 214 valence electrons. The van der Waals surface area contributed by atoms with Crippen molar-refractivity contribution in [2.75, 3.05) is 18.0 Å². The fourth-order valence-corrected chi connectivity index (χ4v) is 7.31. The van der Waals surface area contributed by atoms with Gasteiger partial charge in [-0.2, -0.15) is 0 Å². The van der Waals surface area contributed by atoms with Crippen LogP contribution in [0.3, 0.4) is 0 Å². The summed E-state index contributed by atoms with van der Waals surface area (Å²) in [4.78, 5) is 28.5. The topological polar surface area (TPSA) is 92.8 Å². The Morgan fingerprint density at radius 3 is 2.62 bits per heavy atom. The minimum Gasteiger partial charge on any atom is -0.487 e. The first kappa shape index (κ1) is 28.7. The number of carbonyl (C=O) groups is 2. The molecule has 3 aliphatic rings. The van der Waals surface area contributed by atoms with Crippen molar-refractivity contribution in [3.05, 3.63) is 70.3 Å². The zero-order valence-corrected chi connectivity index (χ0v) is 24.6. The van der Waals surface area contributed by atoms with Crippen molar-refractivity contribution in [3.8, 4) is 5.75 Å². The van der Waals surface area contributed by atoms with Gasteiger partial charge in [0.05, 0.1) is 10.9 Å². The number of amides is 1. The minimum atomic E-state index is -3.93. The van der Waals surface area contributed by atoms with E-state index in [0.717, 1.165) is 55.5 Å². The van der Waals surface area contributed by atoms with Crippen LogP contribution in [-0.4, -0.2) is 38.4 Å². The molecule has 1 fully saturated rings. The Hall–Kier alpha value is -2.84. The minimum absolute atomic E-state index is 0.0546. The number of nitrogens with one attached hydrogen (secondary N) is 1. The summed E-state index contributed by atoms with van der Waals surface area (Å²) < 4.78 is 34.8. The lowest BCUT2D eigenvalue weighted by atomic mass is 9.71. The van der Waals surface area contributed by atoms with Crippen LogP contribution in [0.15, 0.2) is 48.6 Å². The van der Waals surface area contributed by atoms with Crippen molar-refractivity contribution in [3.63, 3.8) is 0 Å². The van der Waals surface area contributed by atoms with E-state index in [0.29, 0.717) is 30.3 Å². The van der Waals surface area contributed by atoms with Crippen LogP contribution in [0.4, 0.5) is 5.69 Å². The molecule has 2 heterocycles. The highest BCUT2D eigenvalue weighted by molar-refractivity contribution is 7.90. The van der Waals surface area contributed by atoms with Gasteiger partial charge in [-0.25, -0.2) is 13.1 Å². The second-order valence-corrected chi connectivity index (χ2v) is 13.9. The Morgan fingerprint density at radius 1 is 1.02 bits per heavy atom. The molecule has 7 nitrogen and oxygen atoms in total. The average molecular weight is 585 g/mol. The summed E-state index contributed by atoms with van der Waals surface area (Å²) in [5, 5.41) is -0.113. The molecule has 2 bridgehead atoms. The van der Waals surface area contributed by atoms with Crippen molar-refractivity contribution in [1.82, 2.24) is 4.72 Å². The molecule has 0 saturated heterocycles. The monoisotopic (exact) mass is 584 g/mol. The predicted molar refractivity (Wildman–Crippen MR) is 157 cm³/mol. The number of anilines is 1. The number of aryl methyl sites for hydroxylation is 1. The normalized spacial score (nSPS) is 28.0. The van der Waals surface area contributed by atoms with Crippen molar-refractivity contribution in [1.29, 1.82) is 0 Å². The van der Waals surface area contributed by atoms with Gasteiger partial charge >= 0.3 is 0 Å². The number of hydrogen-bond acceptors (Lipinski definition) is 6. The number of sulfonamides is 1. The molecule has 1 N–H and O–H groups in total. The number of ketones is 1. The van der Waals surface area contributed by atoms with Crippen LogP contribution in [0.25, 0.3) is 0 Å². The Kier molecular flexibility index (Phi) is 8.57. The zero-order chi connectivity index (χ0) is 28.4. The van der Waals surface area contributed by atoms with Crippen LogP contribution in [0, 0.1) is 17.8 Å². The quantitative estimate of drug-likeness (QED) is 0.427. The van der Waals surface area contributed by atoms with E-state index in [2.05, 4.69) is 9.62 Å². The summed E-state index contributed by atoms with van der Waals surface area (Å²) >= 11 is 6.28. The number of halogens is 1. The van der Waals surface area contributed by atoms with Crippen LogP contribution >= 0.6 is 11.6 Å². The zero-order valence-electron chi connectivity index (χ0n) is 23.1. The molecule has 1 amide bonds. The largest absolute Gasteiger partial charge is 0.487 e. The molecule has 9 heteroatoms. The van der Waals surface area contributed by atoms with Crippen LogP contribution < -0.4 is 14.4 Å². The number of carbonyl (C=O) groups excluding carboxylic acids is 2. The first-order valence-corrected chi connectivity index (χ1v) is 16.1. The lowest BCUT2D eigenvalue weighted by Crippen LogP contribution is -2.42. The van der Waals surface area contributed by atoms with Gasteiger partial charge in [-0.1, -0.05) is 30.7 Å². The number of fused-ring (bicyclic) bond motifs is 3. The van der Waals surface area contributed by atoms with Gasteiger partial charge in [0, 0.05) is 29.6 Å². The standard InChI is InChI=1S/C31H37ClN2O5S/c1-20-6-5-8-29(35)27-13-10-24(27)18-34-15-4-3-7-22-16-26(32)12-9-25(22)19-39-30-14-11-23(17-28(30)34)31(36)33-40(37,38)21(20)2/h5,8-9,11-12,14,16-17,20-21,24,27H,3-4,6-7,10,13,15,18-19H2,1-2H3,(H,33,36)/b8-5+/t20?,21?,24-,27+/m0/s1. The first-order chi connectivity index (χ1) is 19.1. The predicted octanol–water partition coefficient (Wildman–Crippen LogP) is 5.70. The second-order valence-electron chi connectivity index (χ2n) is 11.4. The molecule has 0 spiro atoms. The van der Waals surface area contributed by atoms with Crippen molar-refractivity contribution < 1.29 is 22.7 Å². The maximum absolute atomic E-state index is 13.2. The van der Waals surface area contributed by atoms with E-state index < -0.39 is 21.2 Å². The summed E-state index contributed by atoms with van der Waals surface area (Å²) in [6.07, 6.45) is 8.39. The molecule has 2 aromatic rings. The SMILES string of the molecule is CC1C/C=C/C(=O)[C@@H]2CC[C@H]2CN2CCCCc3cc(Cl)ccc3COc3ccc(cc32)C(=O)NS(=O)(=O)C1C. The molecule has 2 aliphatic heterocycles.